The van der Waals surface area contributed by atoms with Gasteiger partial charge in [-0.3, -0.25) is 5.10 Å². The molecule has 0 aliphatic rings. The summed E-state index contributed by atoms with van der Waals surface area (Å²) in [4.78, 5) is 3.90. The van der Waals surface area contributed by atoms with Gasteiger partial charge in [0.25, 0.3) is 0 Å². The molecule has 5 nitrogen and oxygen atoms in total. The summed E-state index contributed by atoms with van der Waals surface area (Å²) in [7, 11) is 0. The van der Waals surface area contributed by atoms with Gasteiger partial charge in [0.1, 0.15) is 17.8 Å². The van der Waals surface area contributed by atoms with Gasteiger partial charge in [-0.1, -0.05) is 24.6 Å². The molecule has 9 heteroatoms. The zero-order chi connectivity index (χ0) is 20.4. The van der Waals surface area contributed by atoms with Crippen molar-refractivity contribution < 1.29 is 23.0 Å². The summed E-state index contributed by atoms with van der Waals surface area (Å²) in [6.45, 7) is 1.60. The molecule has 28 heavy (non-hydrogen) atoms. The van der Waals surface area contributed by atoms with Crippen LogP contribution >= 0.6 is 11.6 Å². The third-order valence-corrected chi connectivity index (χ3v) is 4.60. The van der Waals surface area contributed by atoms with E-state index in [0.29, 0.717) is 10.8 Å². The largest absolute Gasteiger partial charge is 0.457 e. The summed E-state index contributed by atoms with van der Waals surface area (Å²) in [5, 5.41) is 17.8. The first-order chi connectivity index (χ1) is 13.2. The van der Waals surface area contributed by atoms with Gasteiger partial charge in [-0.25, -0.2) is 4.98 Å². The van der Waals surface area contributed by atoms with Crippen LogP contribution in [0.4, 0.5) is 13.2 Å². The molecule has 2 N–H and O–H groups in total. The molecular weight excluding hydrogens is 395 g/mol. The fraction of sp³-hybridized carbons (Fsp3) is 0.263. The smallest absolute Gasteiger partial charge is 0.416 e. The summed E-state index contributed by atoms with van der Waals surface area (Å²) in [5.41, 5.74) is -3.01. The number of alkyl halides is 3. The number of rotatable bonds is 6. The minimum atomic E-state index is -4.68. The molecular formula is C19H17ClF3N3O2. The fourth-order valence-corrected chi connectivity index (χ4v) is 2.98. The van der Waals surface area contributed by atoms with Gasteiger partial charge < -0.3 is 9.84 Å². The second-order valence-corrected chi connectivity index (χ2v) is 6.67. The summed E-state index contributed by atoms with van der Waals surface area (Å²) < 4.78 is 46.7. The van der Waals surface area contributed by atoms with E-state index in [1.54, 1.807) is 31.2 Å². The lowest BCUT2D eigenvalue weighted by Crippen LogP contribution is -2.31. The Morgan fingerprint density at radius 3 is 2.32 bits per heavy atom. The van der Waals surface area contributed by atoms with Crippen LogP contribution in [-0.4, -0.2) is 20.3 Å². The lowest BCUT2D eigenvalue weighted by Gasteiger charge is -2.29. The van der Waals surface area contributed by atoms with Crippen LogP contribution in [0.2, 0.25) is 5.02 Å². The average molecular weight is 412 g/mol. The van der Waals surface area contributed by atoms with Gasteiger partial charge in [0, 0.05) is 11.4 Å². The number of hydrogen-bond donors (Lipinski definition) is 2. The van der Waals surface area contributed by atoms with E-state index >= 15 is 0 Å². The normalized spacial score (nSPS) is 13.9. The van der Waals surface area contributed by atoms with Crippen LogP contribution in [0, 0.1) is 0 Å². The van der Waals surface area contributed by atoms with Gasteiger partial charge in [0.2, 0.25) is 0 Å². The van der Waals surface area contributed by atoms with Gasteiger partial charge in [-0.05, 0) is 48.4 Å². The molecule has 0 fully saturated rings. The van der Waals surface area contributed by atoms with Crippen molar-refractivity contribution in [3.8, 4) is 11.5 Å². The SMILES string of the molecule is CCC(O)(Cc1nc[nH]n1)c1ccc(Oc2ccc(Cl)cc2)cc1C(F)(F)F. The number of nitrogens with one attached hydrogen (secondary N) is 1. The standard InChI is InChI=1S/C19H17ClF3N3O2/c1-2-18(27,10-17-24-11-25-26-17)15-8-7-14(9-16(15)19(21,22)23)28-13-5-3-12(20)4-6-13/h3-9,11,27H,2,10H2,1H3,(H,24,25,26). The molecule has 0 radical (unpaired) electrons. The average Bonchev–Trinajstić information content (AvgIpc) is 3.15. The monoisotopic (exact) mass is 411 g/mol. The first kappa shape index (κ1) is 20.2. The van der Waals surface area contributed by atoms with E-state index < -0.39 is 17.3 Å². The molecule has 0 saturated heterocycles. The minimum Gasteiger partial charge on any atom is -0.457 e. The van der Waals surface area contributed by atoms with Crippen LogP contribution < -0.4 is 4.74 Å². The molecule has 3 rings (SSSR count). The maximum atomic E-state index is 13.7. The number of halogens is 4. The maximum absolute atomic E-state index is 13.7. The Balaban J connectivity index is 1.99. The van der Waals surface area contributed by atoms with Crippen molar-refractivity contribution in [1.82, 2.24) is 15.2 Å². The zero-order valence-electron chi connectivity index (χ0n) is 14.8. The van der Waals surface area contributed by atoms with Crippen LogP contribution in [-0.2, 0) is 18.2 Å². The molecule has 0 aliphatic carbocycles. The molecule has 0 bridgehead atoms. The maximum Gasteiger partial charge on any atom is 0.416 e. The van der Waals surface area contributed by atoms with Gasteiger partial charge in [-0.15, -0.1) is 0 Å². The molecule has 3 aromatic rings. The molecule has 148 valence electrons. The lowest BCUT2D eigenvalue weighted by atomic mass is 9.84. The third kappa shape index (κ3) is 4.45. The number of nitrogens with zero attached hydrogens (tertiary/aromatic N) is 2. The number of aromatic amines is 1. The fourth-order valence-electron chi connectivity index (χ4n) is 2.86. The molecule has 0 saturated carbocycles. The highest BCUT2D eigenvalue weighted by Gasteiger charge is 2.41. The number of aromatic nitrogens is 3. The molecule has 2 aromatic carbocycles. The molecule has 0 aliphatic heterocycles. The number of aliphatic hydroxyl groups is 1. The Hall–Kier alpha value is -2.58. The van der Waals surface area contributed by atoms with E-state index in [1.165, 1.54) is 18.5 Å². The molecule has 1 unspecified atom stereocenters. The highest BCUT2D eigenvalue weighted by molar-refractivity contribution is 6.30. The van der Waals surface area contributed by atoms with Crippen molar-refractivity contribution in [3.63, 3.8) is 0 Å². The predicted octanol–water partition coefficient (Wildman–Crippen LogP) is 5.11. The van der Waals surface area contributed by atoms with Crippen molar-refractivity contribution in [1.29, 1.82) is 0 Å². The molecule has 1 aromatic heterocycles. The summed E-state index contributed by atoms with van der Waals surface area (Å²) in [6, 6.07) is 9.74. The quantitative estimate of drug-likeness (QED) is 0.591. The van der Waals surface area contributed by atoms with E-state index in [2.05, 4.69) is 15.2 Å². The molecule has 1 atom stereocenters. The number of benzene rings is 2. The van der Waals surface area contributed by atoms with Gasteiger partial charge in [0.15, 0.2) is 5.82 Å². The van der Waals surface area contributed by atoms with Crippen molar-refractivity contribution >= 4 is 11.6 Å². The van der Waals surface area contributed by atoms with Gasteiger partial charge in [0.05, 0.1) is 11.2 Å². The molecule has 0 spiro atoms. The van der Waals surface area contributed by atoms with E-state index in [0.717, 1.165) is 6.07 Å². The summed E-state index contributed by atoms with van der Waals surface area (Å²) in [6.07, 6.45) is -3.49. The molecule has 0 amide bonds. The first-order valence-electron chi connectivity index (χ1n) is 8.43. The molecule has 1 heterocycles. The van der Waals surface area contributed by atoms with Crippen LogP contribution in [0.3, 0.4) is 0 Å². The van der Waals surface area contributed by atoms with E-state index in [-0.39, 0.29) is 30.0 Å². The van der Waals surface area contributed by atoms with Crippen molar-refractivity contribution in [2.24, 2.45) is 0 Å². The Kier molecular flexibility index (Phi) is 5.62. The number of hydrogen-bond acceptors (Lipinski definition) is 4. The minimum absolute atomic E-state index is 0.00487. The van der Waals surface area contributed by atoms with Gasteiger partial charge in [-0.2, -0.15) is 18.3 Å². The van der Waals surface area contributed by atoms with Crippen LogP contribution in [0.1, 0.15) is 30.3 Å². The second kappa shape index (κ2) is 7.81. The Morgan fingerprint density at radius 2 is 1.75 bits per heavy atom. The van der Waals surface area contributed by atoms with Crippen LogP contribution in [0.15, 0.2) is 48.8 Å². The Morgan fingerprint density at radius 1 is 1.07 bits per heavy atom. The first-order valence-corrected chi connectivity index (χ1v) is 8.81. The van der Waals surface area contributed by atoms with E-state index in [1.807, 2.05) is 0 Å². The second-order valence-electron chi connectivity index (χ2n) is 6.24. The van der Waals surface area contributed by atoms with E-state index in [9.17, 15) is 18.3 Å². The van der Waals surface area contributed by atoms with Gasteiger partial charge >= 0.3 is 6.18 Å². The topological polar surface area (TPSA) is 71.0 Å². The van der Waals surface area contributed by atoms with Crippen LogP contribution in [0.25, 0.3) is 0 Å². The highest BCUT2D eigenvalue weighted by atomic mass is 35.5. The number of ether oxygens (including phenoxy) is 1. The lowest BCUT2D eigenvalue weighted by molar-refractivity contribution is -0.141. The van der Waals surface area contributed by atoms with Crippen molar-refractivity contribution in [3.05, 3.63) is 70.8 Å². The van der Waals surface area contributed by atoms with E-state index in [4.69, 9.17) is 16.3 Å². The third-order valence-electron chi connectivity index (χ3n) is 4.35. The number of H-pyrrole nitrogens is 1. The Labute approximate surface area is 164 Å². The van der Waals surface area contributed by atoms with Crippen molar-refractivity contribution in [2.75, 3.05) is 0 Å². The zero-order valence-corrected chi connectivity index (χ0v) is 15.6. The predicted molar refractivity (Wildman–Crippen MR) is 97.2 cm³/mol. The highest BCUT2D eigenvalue weighted by Crippen LogP contribution is 2.41. The summed E-state index contributed by atoms with van der Waals surface area (Å²) in [5.74, 6) is 0.561. The summed E-state index contributed by atoms with van der Waals surface area (Å²) >= 11 is 5.80. The Bertz CT molecular complexity index is 931. The van der Waals surface area contributed by atoms with Crippen LogP contribution in [0.5, 0.6) is 11.5 Å². The van der Waals surface area contributed by atoms with Crippen molar-refractivity contribution in [2.45, 2.75) is 31.5 Å².